The van der Waals surface area contributed by atoms with Gasteiger partial charge in [0, 0.05) is 12.4 Å². The third kappa shape index (κ3) is 17.6. The molecule has 0 saturated heterocycles. The summed E-state index contributed by atoms with van der Waals surface area (Å²) in [6.07, 6.45) is 3.54. The zero-order chi connectivity index (χ0) is 8.23. The van der Waals surface area contributed by atoms with E-state index in [4.69, 9.17) is 0 Å². The number of nitrogens with zero attached hydrogens (tertiary/aromatic N) is 2. The fraction of sp³-hybridized carbons (Fsp3) is 0. The minimum atomic E-state index is 0. The fourth-order valence-corrected chi connectivity index (χ4v) is 1.03. The van der Waals surface area contributed by atoms with E-state index in [-0.39, 0.29) is 89.6 Å². The van der Waals surface area contributed by atoms with E-state index in [0.717, 1.165) is 11.4 Å². The minimum absolute atomic E-state index is 0. The van der Waals surface area contributed by atoms with E-state index in [2.05, 4.69) is 9.97 Å². The Hall–Kier alpha value is -0.447. The Morgan fingerprint density at radius 3 is 0.955 bits per heavy atom. The van der Waals surface area contributed by atoms with Crippen LogP contribution in [0.4, 0.5) is 0 Å². The Kier molecular flexibility index (Phi) is 85.3. The van der Waals surface area contributed by atoms with Crippen LogP contribution in [0.5, 0.6) is 0 Å². The molecule has 22 heavy (non-hydrogen) atoms. The average molecular weight is 472 g/mol. The van der Waals surface area contributed by atoms with Crippen LogP contribution in [0.1, 0.15) is 0 Å². The van der Waals surface area contributed by atoms with Gasteiger partial charge in [-0.25, -0.2) is 0 Å². The Bertz CT molecular complexity index is 340. The van der Waals surface area contributed by atoms with Crippen LogP contribution < -0.4 is 37.2 Å². The molecule has 12 heteroatoms. The summed E-state index contributed by atoms with van der Waals surface area (Å²) in [4.78, 5) is 8.37. The van der Waals surface area contributed by atoms with E-state index < -0.39 is 0 Å². The van der Waals surface area contributed by atoms with E-state index in [1.165, 1.54) is 0 Å². The molecule has 12 N–H and O–H groups in total. The molecule has 0 aliphatic heterocycles. The zero-order valence-corrected chi connectivity index (χ0v) is 15.0. The summed E-state index contributed by atoms with van der Waals surface area (Å²) < 4.78 is 0. The van der Waals surface area contributed by atoms with Crippen LogP contribution in [0.2, 0.25) is 0 Å². The summed E-state index contributed by atoms with van der Waals surface area (Å²) in [6, 6.07) is 11.6. The second-order valence-electron chi connectivity index (χ2n) is 2.43. The Morgan fingerprint density at radius 2 is 0.773 bits per heavy atom. The number of pyridine rings is 2. The van der Waals surface area contributed by atoms with Gasteiger partial charge in [-0.2, -0.15) is 0 Å². The number of rotatable bonds is 1. The number of aromatic nitrogens is 2. The molecule has 0 aromatic carbocycles. The van der Waals surface area contributed by atoms with Crippen molar-refractivity contribution in [2.75, 3.05) is 0 Å². The third-order valence-corrected chi connectivity index (χ3v) is 1.59. The Balaban J connectivity index is -0.0000000241. The number of hydrogen-bond donors (Lipinski definition) is 0. The second kappa shape index (κ2) is 32.5. The van der Waals surface area contributed by atoms with Gasteiger partial charge in [0.25, 0.3) is 0 Å². The van der Waals surface area contributed by atoms with Crippen LogP contribution in [0, 0.1) is 0 Å². The maximum absolute atomic E-state index is 4.19. The molecule has 0 saturated carbocycles. The summed E-state index contributed by atoms with van der Waals surface area (Å²) in [6.45, 7) is 0. The largest absolute Gasteiger partial charge is 3.00 e. The van der Waals surface area contributed by atoms with Crippen molar-refractivity contribution in [3.8, 4) is 11.4 Å². The third-order valence-electron chi connectivity index (χ3n) is 1.59. The first kappa shape index (κ1) is 57.8. The molecule has 135 valence electrons. The SMILES string of the molecule is O.O.O.O.O.O.[Cl-].[Cl-].[Cl-].[Ru+3].c1ccc(-c2ccccn2)nc1. The molecular formula is C10H20Cl3N2O6Ru. The van der Waals surface area contributed by atoms with Crippen molar-refractivity contribution in [3.05, 3.63) is 48.8 Å². The molecule has 1 radical (unpaired) electrons. The summed E-state index contributed by atoms with van der Waals surface area (Å²) >= 11 is 0. The molecule has 0 atom stereocenters. The van der Waals surface area contributed by atoms with Crippen LogP contribution in [0.15, 0.2) is 48.8 Å². The van der Waals surface area contributed by atoms with Crippen LogP contribution in [-0.4, -0.2) is 42.8 Å². The van der Waals surface area contributed by atoms with Gasteiger partial charge in [-0.05, 0) is 24.3 Å². The van der Waals surface area contributed by atoms with Crippen molar-refractivity contribution in [1.82, 2.24) is 9.97 Å². The summed E-state index contributed by atoms with van der Waals surface area (Å²) in [7, 11) is 0. The molecule has 0 bridgehead atoms. The van der Waals surface area contributed by atoms with Crippen molar-refractivity contribution in [2.45, 2.75) is 0 Å². The predicted molar refractivity (Wildman–Crippen MR) is 69.2 cm³/mol. The second-order valence-corrected chi connectivity index (χ2v) is 2.43. The van der Waals surface area contributed by atoms with Crippen molar-refractivity contribution >= 4 is 0 Å². The molecule has 2 aromatic rings. The van der Waals surface area contributed by atoms with E-state index in [0.29, 0.717) is 0 Å². The number of hydrogen-bond acceptors (Lipinski definition) is 2. The van der Waals surface area contributed by atoms with Gasteiger partial charge >= 0.3 is 19.5 Å². The average Bonchev–Trinajstić information content (AvgIpc) is 2.21. The summed E-state index contributed by atoms with van der Waals surface area (Å²) in [5, 5.41) is 0. The van der Waals surface area contributed by atoms with E-state index in [1.54, 1.807) is 12.4 Å². The van der Waals surface area contributed by atoms with Crippen molar-refractivity contribution in [1.29, 1.82) is 0 Å². The molecule has 0 fully saturated rings. The van der Waals surface area contributed by atoms with Crippen molar-refractivity contribution < 1.29 is 89.6 Å². The van der Waals surface area contributed by atoms with Gasteiger partial charge in [-0.15, -0.1) is 0 Å². The summed E-state index contributed by atoms with van der Waals surface area (Å²) in [5.74, 6) is 0. The first-order valence-electron chi connectivity index (χ1n) is 3.79. The fourth-order valence-electron chi connectivity index (χ4n) is 1.03. The predicted octanol–water partition coefficient (Wildman–Crippen LogP) is -11.8. The quantitative estimate of drug-likeness (QED) is 0.370. The van der Waals surface area contributed by atoms with Crippen molar-refractivity contribution in [2.24, 2.45) is 0 Å². The first-order chi connectivity index (χ1) is 5.97. The first-order valence-corrected chi connectivity index (χ1v) is 3.79. The molecule has 0 unspecified atom stereocenters. The van der Waals surface area contributed by atoms with Crippen LogP contribution in [0.25, 0.3) is 11.4 Å². The molecule has 0 amide bonds. The van der Waals surface area contributed by atoms with Crippen LogP contribution >= 0.6 is 0 Å². The van der Waals surface area contributed by atoms with Gasteiger partial charge in [0.05, 0.1) is 11.4 Å². The van der Waals surface area contributed by atoms with Gasteiger partial charge in [0.2, 0.25) is 0 Å². The molecule has 2 rings (SSSR count). The van der Waals surface area contributed by atoms with E-state index in [9.17, 15) is 0 Å². The number of halogens is 3. The van der Waals surface area contributed by atoms with Crippen LogP contribution in [0.3, 0.4) is 0 Å². The maximum Gasteiger partial charge on any atom is 3.00 e. The normalized spacial score (nSPS) is 5.27. The summed E-state index contributed by atoms with van der Waals surface area (Å²) in [5.41, 5.74) is 1.83. The van der Waals surface area contributed by atoms with Gasteiger partial charge in [0.1, 0.15) is 0 Å². The molecular weight excluding hydrogens is 452 g/mol. The van der Waals surface area contributed by atoms with E-state index in [1.807, 2.05) is 36.4 Å². The van der Waals surface area contributed by atoms with Gasteiger partial charge in [0.15, 0.2) is 0 Å². The molecule has 8 nitrogen and oxygen atoms in total. The molecule has 0 aliphatic rings. The molecule has 2 heterocycles. The molecule has 2 aromatic heterocycles. The monoisotopic (exact) mass is 471 g/mol. The minimum Gasteiger partial charge on any atom is -1.00 e. The van der Waals surface area contributed by atoms with Gasteiger partial charge < -0.3 is 70.1 Å². The maximum atomic E-state index is 4.19. The van der Waals surface area contributed by atoms with Gasteiger partial charge in [-0.1, -0.05) is 12.1 Å². The standard InChI is InChI=1S/C10H8N2.3ClH.6H2O.Ru/c1-3-7-11-9(5-1)10-6-2-4-8-12-10;;;;;;;;;;/h1-8H;3*1H;6*1H2;/q;;;;;;;;;;+3/p-3. The Labute approximate surface area is 159 Å². The molecule has 0 spiro atoms. The van der Waals surface area contributed by atoms with E-state index >= 15 is 0 Å². The Morgan fingerprint density at radius 1 is 0.500 bits per heavy atom. The topological polar surface area (TPSA) is 215 Å². The molecule has 0 aliphatic carbocycles. The van der Waals surface area contributed by atoms with Gasteiger partial charge in [-0.3, -0.25) is 9.97 Å². The smallest absolute Gasteiger partial charge is 1.00 e. The van der Waals surface area contributed by atoms with Crippen molar-refractivity contribution in [3.63, 3.8) is 0 Å². The van der Waals surface area contributed by atoms with Crippen LogP contribution in [-0.2, 0) is 19.5 Å². The zero-order valence-electron chi connectivity index (χ0n) is 11.0.